The largest absolute Gasteiger partial charge is 0.480 e. The summed E-state index contributed by atoms with van der Waals surface area (Å²) in [5.41, 5.74) is 11.3. The highest BCUT2D eigenvalue weighted by Crippen LogP contribution is 2.20. The van der Waals surface area contributed by atoms with Crippen molar-refractivity contribution in [1.29, 1.82) is 0 Å². The summed E-state index contributed by atoms with van der Waals surface area (Å²) >= 11 is 4.13. The SMILES string of the molecule is CC(C)C(N)C(=O)NC(CS)C(=O)NC(CCCCN)C(=O)N1CCCC1C(=O)O. The maximum Gasteiger partial charge on any atom is 0.326 e. The van der Waals surface area contributed by atoms with E-state index in [0.29, 0.717) is 45.2 Å². The summed E-state index contributed by atoms with van der Waals surface area (Å²) in [6.45, 7) is 4.36. The van der Waals surface area contributed by atoms with Gasteiger partial charge >= 0.3 is 5.97 Å². The van der Waals surface area contributed by atoms with Crippen LogP contribution < -0.4 is 22.1 Å². The average Bonchev–Trinajstić information content (AvgIpc) is 3.20. The molecule has 1 aliphatic rings. The number of nitrogens with two attached hydrogens (primary N) is 2. The third kappa shape index (κ3) is 7.44. The topological polar surface area (TPSA) is 168 Å². The highest BCUT2D eigenvalue weighted by molar-refractivity contribution is 7.80. The molecule has 30 heavy (non-hydrogen) atoms. The third-order valence-corrected chi connectivity index (χ3v) is 5.58. The van der Waals surface area contributed by atoms with E-state index in [2.05, 4.69) is 23.3 Å². The normalized spacial score (nSPS) is 19.3. The maximum absolute atomic E-state index is 13.0. The number of nitrogens with one attached hydrogen (secondary N) is 2. The van der Waals surface area contributed by atoms with Crippen molar-refractivity contribution in [2.45, 2.75) is 70.1 Å². The first-order valence-corrected chi connectivity index (χ1v) is 11.0. The second-order valence-corrected chi connectivity index (χ2v) is 8.25. The smallest absolute Gasteiger partial charge is 0.326 e. The molecule has 0 radical (unpaired) electrons. The van der Waals surface area contributed by atoms with Crippen LogP contribution >= 0.6 is 12.6 Å². The number of likely N-dealkylation sites (tertiary alicyclic amines) is 1. The van der Waals surface area contributed by atoms with E-state index >= 15 is 0 Å². The van der Waals surface area contributed by atoms with Gasteiger partial charge in [-0.25, -0.2) is 4.79 Å². The van der Waals surface area contributed by atoms with Crippen LogP contribution in [0.1, 0.15) is 46.0 Å². The van der Waals surface area contributed by atoms with Gasteiger partial charge in [0.05, 0.1) is 6.04 Å². The first-order chi connectivity index (χ1) is 14.1. The molecular weight excluding hydrogens is 410 g/mol. The molecule has 3 amide bonds. The van der Waals surface area contributed by atoms with Crippen LogP contribution in [0.3, 0.4) is 0 Å². The Hall–Kier alpha value is -1.85. The van der Waals surface area contributed by atoms with Gasteiger partial charge in [-0.3, -0.25) is 14.4 Å². The number of unbranched alkanes of at least 4 members (excludes halogenated alkanes) is 1. The standard InChI is InChI=1S/C19H35N5O5S/c1-11(2)15(21)17(26)23-13(10-30)16(25)22-12(6-3-4-8-20)18(27)24-9-5-7-14(24)19(28)29/h11-15,30H,3-10,20-21H2,1-2H3,(H,22,25)(H,23,26)(H,28,29). The monoisotopic (exact) mass is 445 g/mol. The lowest BCUT2D eigenvalue weighted by molar-refractivity contribution is -0.149. The number of amides is 3. The molecule has 7 N–H and O–H groups in total. The summed E-state index contributed by atoms with van der Waals surface area (Å²) in [6.07, 6.45) is 2.55. The van der Waals surface area contributed by atoms with Crippen molar-refractivity contribution in [3.8, 4) is 0 Å². The van der Waals surface area contributed by atoms with Crippen LogP contribution in [-0.2, 0) is 19.2 Å². The molecule has 0 saturated carbocycles. The quantitative estimate of drug-likeness (QED) is 0.167. The minimum Gasteiger partial charge on any atom is -0.480 e. The highest BCUT2D eigenvalue weighted by atomic mass is 32.1. The first kappa shape index (κ1) is 26.2. The molecule has 11 heteroatoms. The van der Waals surface area contributed by atoms with Gasteiger partial charge in [0.1, 0.15) is 18.1 Å². The summed E-state index contributed by atoms with van der Waals surface area (Å²) in [4.78, 5) is 50.7. The Morgan fingerprint density at radius 1 is 1.13 bits per heavy atom. The van der Waals surface area contributed by atoms with Gasteiger partial charge in [0, 0.05) is 12.3 Å². The van der Waals surface area contributed by atoms with Crippen LogP contribution in [0.5, 0.6) is 0 Å². The van der Waals surface area contributed by atoms with Crippen molar-refractivity contribution in [1.82, 2.24) is 15.5 Å². The second kappa shape index (κ2) is 12.8. The zero-order chi connectivity index (χ0) is 22.8. The average molecular weight is 446 g/mol. The molecule has 0 spiro atoms. The number of rotatable bonds is 12. The number of aliphatic carboxylic acids is 1. The molecule has 1 saturated heterocycles. The van der Waals surface area contributed by atoms with Crippen LogP contribution in [0.15, 0.2) is 0 Å². The predicted molar refractivity (Wildman–Crippen MR) is 116 cm³/mol. The minimum absolute atomic E-state index is 0.0214. The van der Waals surface area contributed by atoms with Crippen LogP contribution in [0.25, 0.3) is 0 Å². The van der Waals surface area contributed by atoms with Gasteiger partial charge in [0.25, 0.3) is 0 Å². The van der Waals surface area contributed by atoms with Crippen molar-refractivity contribution in [2.24, 2.45) is 17.4 Å². The second-order valence-electron chi connectivity index (χ2n) is 7.89. The van der Waals surface area contributed by atoms with Gasteiger partial charge in [-0.05, 0) is 44.6 Å². The van der Waals surface area contributed by atoms with Crippen LogP contribution in [0.2, 0.25) is 0 Å². The maximum atomic E-state index is 13.0. The molecule has 0 aromatic carbocycles. The number of hydrogen-bond acceptors (Lipinski definition) is 7. The molecule has 1 fully saturated rings. The molecule has 0 aliphatic carbocycles. The van der Waals surface area contributed by atoms with Crippen LogP contribution in [0, 0.1) is 5.92 Å². The van der Waals surface area contributed by atoms with Gasteiger partial charge in [-0.15, -0.1) is 0 Å². The van der Waals surface area contributed by atoms with E-state index < -0.39 is 47.9 Å². The molecule has 1 aliphatic heterocycles. The predicted octanol–water partition coefficient (Wildman–Crippen LogP) is -0.926. The molecule has 172 valence electrons. The summed E-state index contributed by atoms with van der Waals surface area (Å²) in [5.74, 6) is -2.62. The van der Waals surface area contributed by atoms with Gasteiger partial charge in [0.2, 0.25) is 17.7 Å². The molecule has 4 unspecified atom stereocenters. The summed E-state index contributed by atoms with van der Waals surface area (Å²) < 4.78 is 0. The third-order valence-electron chi connectivity index (χ3n) is 5.22. The number of carbonyl (C=O) groups is 4. The number of thiol groups is 1. The number of nitrogens with zero attached hydrogens (tertiary/aromatic N) is 1. The molecule has 1 rings (SSSR count). The molecule has 1 heterocycles. The molecule has 0 aromatic rings. The highest BCUT2D eigenvalue weighted by Gasteiger charge is 2.38. The summed E-state index contributed by atoms with van der Waals surface area (Å²) in [7, 11) is 0. The molecule has 0 bridgehead atoms. The fourth-order valence-electron chi connectivity index (χ4n) is 3.27. The number of carbonyl (C=O) groups excluding carboxylic acids is 3. The van der Waals surface area contributed by atoms with Gasteiger partial charge < -0.3 is 32.1 Å². The summed E-state index contributed by atoms with van der Waals surface area (Å²) in [6, 6.07) is -3.54. The Bertz CT molecular complexity index is 618. The van der Waals surface area contributed by atoms with Crippen molar-refractivity contribution in [3.63, 3.8) is 0 Å². The Balaban J connectivity index is 2.88. The van der Waals surface area contributed by atoms with E-state index in [9.17, 15) is 24.3 Å². The lowest BCUT2D eigenvalue weighted by Gasteiger charge is -2.29. The lowest BCUT2D eigenvalue weighted by atomic mass is 10.0. The number of carboxylic acid groups (broad SMARTS) is 1. The van der Waals surface area contributed by atoms with E-state index in [1.807, 2.05) is 0 Å². The van der Waals surface area contributed by atoms with Crippen molar-refractivity contribution in [3.05, 3.63) is 0 Å². The Labute approximate surface area is 182 Å². The van der Waals surface area contributed by atoms with E-state index in [-0.39, 0.29) is 11.7 Å². The molecule has 4 atom stereocenters. The Morgan fingerprint density at radius 3 is 2.30 bits per heavy atom. The van der Waals surface area contributed by atoms with E-state index in [4.69, 9.17) is 11.5 Å². The van der Waals surface area contributed by atoms with Crippen LogP contribution in [-0.4, -0.2) is 76.7 Å². The lowest BCUT2D eigenvalue weighted by Crippen LogP contribution is -2.58. The van der Waals surface area contributed by atoms with E-state index in [1.54, 1.807) is 13.8 Å². The Morgan fingerprint density at radius 2 is 1.77 bits per heavy atom. The fraction of sp³-hybridized carbons (Fsp3) is 0.789. The fourth-order valence-corrected chi connectivity index (χ4v) is 3.53. The zero-order valence-corrected chi connectivity index (χ0v) is 18.6. The molecule has 10 nitrogen and oxygen atoms in total. The Kier molecular flexibility index (Phi) is 11.1. The molecular formula is C19H35N5O5S. The molecule has 0 aromatic heterocycles. The van der Waals surface area contributed by atoms with Gasteiger partial charge in [-0.1, -0.05) is 13.8 Å². The summed E-state index contributed by atoms with van der Waals surface area (Å²) in [5, 5.41) is 14.6. The van der Waals surface area contributed by atoms with Crippen molar-refractivity contribution in [2.75, 3.05) is 18.8 Å². The zero-order valence-electron chi connectivity index (χ0n) is 17.7. The van der Waals surface area contributed by atoms with Crippen LogP contribution in [0.4, 0.5) is 0 Å². The number of carboxylic acids is 1. The van der Waals surface area contributed by atoms with E-state index in [1.165, 1.54) is 4.90 Å². The van der Waals surface area contributed by atoms with Gasteiger partial charge in [-0.2, -0.15) is 12.6 Å². The minimum atomic E-state index is -1.06. The number of hydrogen-bond donors (Lipinski definition) is 6. The van der Waals surface area contributed by atoms with Crippen molar-refractivity contribution >= 4 is 36.3 Å². The van der Waals surface area contributed by atoms with Crippen molar-refractivity contribution < 1.29 is 24.3 Å². The van der Waals surface area contributed by atoms with Gasteiger partial charge in [0.15, 0.2) is 0 Å². The van der Waals surface area contributed by atoms with E-state index in [0.717, 1.165) is 0 Å². The first-order valence-electron chi connectivity index (χ1n) is 10.3.